The van der Waals surface area contributed by atoms with Crippen LogP contribution in [-0.4, -0.2) is 19.3 Å². The van der Waals surface area contributed by atoms with Gasteiger partial charge in [0.15, 0.2) is 0 Å². The highest BCUT2D eigenvalue weighted by Gasteiger charge is 2.09. The van der Waals surface area contributed by atoms with Gasteiger partial charge in [0, 0.05) is 19.3 Å². The number of ether oxygens (including phenoxy) is 1. The summed E-state index contributed by atoms with van der Waals surface area (Å²) < 4.78 is 5.48. The van der Waals surface area contributed by atoms with Crippen LogP contribution in [0.15, 0.2) is 0 Å². The lowest BCUT2D eigenvalue weighted by Crippen LogP contribution is -2.28. The van der Waals surface area contributed by atoms with Crippen molar-refractivity contribution in [3.63, 3.8) is 0 Å². The third-order valence-corrected chi connectivity index (χ3v) is 2.56. The Kier molecular flexibility index (Phi) is 8.46. The molecule has 80 valence electrons. The van der Waals surface area contributed by atoms with Crippen LogP contribution in [0.4, 0.5) is 0 Å². The van der Waals surface area contributed by atoms with E-state index in [1.54, 1.807) is 0 Å². The number of hydrogen-bond donors (Lipinski definition) is 1. The summed E-state index contributed by atoms with van der Waals surface area (Å²) in [5.74, 6) is 0.589. The first-order chi connectivity index (χ1) is 6.22. The van der Waals surface area contributed by atoms with E-state index in [0.29, 0.717) is 12.0 Å². The fraction of sp³-hybridized carbons (Fsp3) is 1.00. The molecule has 0 aliphatic rings. The van der Waals surface area contributed by atoms with Crippen molar-refractivity contribution in [2.24, 2.45) is 11.7 Å². The Hall–Kier alpha value is -0.0800. The topological polar surface area (TPSA) is 35.2 Å². The van der Waals surface area contributed by atoms with E-state index in [2.05, 4.69) is 20.8 Å². The van der Waals surface area contributed by atoms with Gasteiger partial charge in [-0.15, -0.1) is 0 Å². The number of unbranched alkanes of at least 4 members (excludes halogenated alkanes) is 1. The molecule has 0 aliphatic carbocycles. The molecule has 0 heterocycles. The minimum atomic E-state index is 0.342. The van der Waals surface area contributed by atoms with Crippen LogP contribution in [0.5, 0.6) is 0 Å². The summed E-state index contributed by atoms with van der Waals surface area (Å²) in [4.78, 5) is 0. The fourth-order valence-electron chi connectivity index (χ4n) is 1.23. The van der Waals surface area contributed by atoms with Gasteiger partial charge < -0.3 is 10.5 Å². The Morgan fingerprint density at radius 3 is 2.46 bits per heavy atom. The van der Waals surface area contributed by atoms with Crippen LogP contribution in [-0.2, 0) is 4.74 Å². The molecule has 0 saturated carbocycles. The van der Waals surface area contributed by atoms with Crippen molar-refractivity contribution in [1.82, 2.24) is 0 Å². The molecule has 2 N–H and O–H groups in total. The van der Waals surface area contributed by atoms with Crippen molar-refractivity contribution in [2.75, 3.05) is 13.2 Å². The maximum absolute atomic E-state index is 5.90. The van der Waals surface area contributed by atoms with Crippen LogP contribution >= 0.6 is 0 Å². The van der Waals surface area contributed by atoms with Gasteiger partial charge in [0.1, 0.15) is 0 Å². The zero-order chi connectivity index (χ0) is 10.1. The lowest BCUT2D eigenvalue weighted by Gasteiger charge is -2.17. The molecule has 0 bridgehead atoms. The SMILES string of the molecule is CCCCOCCC(C)C(N)CC. The van der Waals surface area contributed by atoms with Gasteiger partial charge in [-0.3, -0.25) is 0 Å². The quantitative estimate of drug-likeness (QED) is 0.593. The third kappa shape index (κ3) is 7.03. The summed E-state index contributed by atoms with van der Waals surface area (Å²) in [7, 11) is 0. The first-order valence-electron chi connectivity index (χ1n) is 5.55. The molecular weight excluding hydrogens is 162 g/mol. The number of hydrogen-bond acceptors (Lipinski definition) is 2. The molecule has 13 heavy (non-hydrogen) atoms. The van der Waals surface area contributed by atoms with Gasteiger partial charge in [0.05, 0.1) is 0 Å². The summed E-state index contributed by atoms with van der Waals surface area (Å²) in [5.41, 5.74) is 5.90. The second-order valence-corrected chi connectivity index (χ2v) is 3.80. The molecular formula is C11H25NO. The van der Waals surface area contributed by atoms with Crippen molar-refractivity contribution >= 4 is 0 Å². The van der Waals surface area contributed by atoms with Crippen molar-refractivity contribution in [3.8, 4) is 0 Å². The monoisotopic (exact) mass is 187 g/mol. The Balaban J connectivity index is 3.21. The molecule has 0 aromatic rings. The summed E-state index contributed by atoms with van der Waals surface area (Å²) >= 11 is 0. The highest BCUT2D eigenvalue weighted by molar-refractivity contribution is 4.66. The van der Waals surface area contributed by atoms with Gasteiger partial charge in [-0.2, -0.15) is 0 Å². The van der Waals surface area contributed by atoms with E-state index in [1.807, 2.05) is 0 Å². The van der Waals surface area contributed by atoms with Crippen LogP contribution in [0, 0.1) is 5.92 Å². The van der Waals surface area contributed by atoms with Crippen molar-refractivity contribution in [2.45, 2.75) is 52.5 Å². The predicted molar refractivity (Wildman–Crippen MR) is 57.8 cm³/mol. The van der Waals surface area contributed by atoms with E-state index in [0.717, 1.165) is 26.1 Å². The standard InChI is InChI=1S/C11H25NO/c1-4-6-8-13-9-7-10(3)11(12)5-2/h10-11H,4-9,12H2,1-3H3. The lowest BCUT2D eigenvalue weighted by atomic mass is 9.98. The van der Waals surface area contributed by atoms with Gasteiger partial charge in [0.25, 0.3) is 0 Å². The average molecular weight is 187 g/mol. The van der Waals surface area contributed by atoms with E-state index in [-0.39, 0.29) is 0 Å². The number of rotatable bonds is 8. The van der Waals surface area contributed by atoms with Gasteiger partial charge in [0.2, 0.25) is 0 Å². The largest absolute Gasteiger partial charge is 0.381 e. The highest BCUT2D eigenvalue weighted by atomic mass is 16.5. The molecule has 0 spiro atoms. The van der Waals surface area contributed by atoms with Crippen LogP contribution in [0.25, 0.3) is 0 Å². The molecule has 2 heteroatoms. The molecule has 0 amide bonds. The van der Waals surface area contributed by atoms with E-state index in [4.69, 9.17) is 10.5 Å². The zero-order valence-corrected chi connectivity index (χ0v) is 9.38. The molecule has 0 rings (SSSR count). The first kappa shape index (κ1) is 12.9. The summed E-state index contributed by atoms with van der Waals surface area (Å²) in [5, 5.41) is 0. The highest BCUT2D eigenvalue weighted by Crippen LogP contribution is 2.08. The molecule has 0 radical (unpaired) electrons. The molecule has 2 unspecified atom stereocenters. The van der Waals surface area contributed by atoms with Gasteiger partial charge in [-0.05, 0) is 25.2 Å². The van der Waals surface area contributed by atoms with Crippen LogP contribution < -0.4 is 5.73 Å². The van der Waals surface area contributed by atoms with Crippen LogP contribution in [0.1, 0.15) is 46.5 Å². The van der Waals surface area contributed by atoms with E-state index in [9.17, 15) is 0 Å². The van der Waals surface area contributed by atoms with E-state index in [1.165, 1.54) is 12.8 Å². The van der Waals surface area contributed by atoms with E-state index < -0.39 is 0 Å². The number of nitrogens with two attached hydrogens (primary N) is 1. The Morgan fingerprint density at radius 2 is 1.92 bits per heavy atom. The predicted octanol–water partition coefficient (Wildman–Crippen LogP) is 2.57. The summed E-state index contributed by atoms with van der Waals surface area (Å²) in [6.07, 6.45) is 4.55. The van der Waals surface area contributed by atoms with E-state index >= 15 is 0 Å². The minimum Gasteiger partial charge on any atom is -0.381 e. The van der Waals surface area contributed by atoms with Crippen LogP contribution in [0.3, 0.4) is 0 Å². The summed E-state index contributed by atoms with van der Waals surface area (Å²) in [6.45, 7) is 8.30. The molecule has 0 aromatic carbocycles. The van der Waals surface area contributed by atoms with Gasteiger partial charge >= 0.3 is 0 Å². The maximum atomic E-state index is 5.90. The summed E-state index contributed by atoms with van der Waals surface area (Å²) in [6, 6.07) is 0.342. The van der Waals surface area contributed by atoms with Gasteiger partial charge in [-0.1, -0.05) is 27.2 Å². The Labute approximate surface area is 82.8 Å². The molecule has 2 atom stereocenters. The Bertz CT molecular complexity index is 106. The smallest absolute Gasteiger partial charge is 0.0469 e. The second-order valence-electron chi connectivity index (χ2n) is 3.80. The fourth-order valence-corrected chi connectivity index (χ4v) is 1.23. The molecule has 0 aromatic heterocycles. The Morgan fingerprint density at radius 1 is 1.23 bits per heavy atom. The normalized spacial score (nSPS) is 15.7. The van der Waals surface area contributed by atoms with Crippen molar-refractivity contribution in [3.05, 3.63) is 0 Å². The average Bonchev–Trinajstić information content (AvgIpc) is 2.16. The lowest BCUT2D eigenvalue weighted by molar-refractivity contribution is 0.116. The van der Waals surface area contributed by atoms with Crippen molar-refractivity contribution < 1.29 is 4.74 Å². The first-order valence-corrected chi connectivity index (χ1v) is 5.55. The maximum Gasteiger partial charge on any atom is 0.0469 e. The second kappa shape index (κ2) is 8.52. The zero-order valence-electron chi connectivity index (χ0n) is 9.38. The molecule has 0 aliphatic heterocycles. The molecule has 0 saturated heterocycles. The van der Waals surface area contributed by atoms with Crippen molar-refractivity contribution in [1.29, 1.82) is 0 Å². The van der Waals surface area contributed by atoms with Crippen LogP contribution in [0.2, 0.25) is 0 Å². The van der Waals surface area contributed by atoms with Gasteiger partial charge in [-0.25, -0.2) is 0 Å². The molecule has 0 fully saturated rings. The molecule has 2 nitrogen and oxygen atoms in total. The third-order valence-electron chi connectivity index (χ3n) is 2.56. The minimum absolute atomic E-state index is 0.342.